The highest BCUT2D eigenvalue weighted by atomic mass is 16.5. The first kappa shape index (κ1) is 25.2. The van der Waals surface area contributed by atoms with Crippen LogP contribution in [0.1, 0.15) is 37.3 Å². The maximum Gasteiger partial charge on any atom is 0.319 e. The van der Waals surface area contributed by atoms with Crippen molar-refractivity contribution in [3.8, 4) is 0 Å². The number of nitrogens with one attached hydrogen (secondary N) is 2. The summed E-state index contributed by atoms with van der Waals surface area (Å²) in [4.78, 5) is 29.4. The Labute approximate surface area is 191 Å². The topological polar surface area (TPSA) is 73.9 Å². The summed E-state index contributed by atoms with van der Waals surface area (Å²) in [6.07, 6.45) is 0.714. The third-order valence-corrected chi connectivity index (χ3v) is 5.30. The molecule has 2 N–H and O–H groups in total. The first-order chi connectivity index (χ1) is 15.4. The van der Waals surface area contributed by atoms with Gasteiger partial charge >= 0.3 is 6.03 Å². The van der Waals surface area contributed by atoms with Crippen molar-refractivity contribution in [1.82, 2.24) is 10.2 Å². The molecule has 0 bridgehead atoms. The van der Waals surface area contributed by atoms with Gasteiger partial charge in [0.05, 0.1) is 12.5 Å². The highest BCUT2D eigenvalue weighted by molar-refractivity contribution is 5.89. The zero-order valence-corrected chi connectivity index (χ0v) is 19.9. The van der Waals surface area contributed by atoms with E-state index < -0.39 is 0 Å². The van der Waals surface area contributed by atoms with E-state index >= 15 is 0 Å². The molecule has 2 aromatic rings. The first-order valence-electron chi connectivity index (χ1n) is 11.1. The van der Waals surface area contributed by atoms with Crippen LogP contribution < -0.4 is 15.5 Å². The number of methoxy groups -OCH3 is 1. The molecular weight excluding hydrogens is 404 g/mol. The van der Waals surface area contributed by atoms with E-state index in [9.17, 15) is 9.59 Å². The van der Waals surface area contributed by atoms with Crippen LogP contribution in [-0.2, 0) is 16.1 Å². The number of anilines is 2. The molecule has 3 amide bonds. The minimum atomic E-state index is -0.251. The van der Waals surface area contributed by atoms with Crippen LogP contribution in [0.15, 0.2) is 48.5 Å². The predicted octanol–water partition coefficient (Wildman–Crippen LogP) is 4.06. The molecule has 32 heavy (non-hydrogen) atoms. The monoisotopic (exact) mass is 440 g/mol. The van der Waals surface area contributed by atoms with Gasteiger partial charge in [0.15, 0.2) is 0 Å². The van der Waals surface area contributed by atoms with Crippen LogP contribution in [0.4, 0.5) is 16.2 Å². The lowest BCUT2D eigenvalue weighted by Crippen LogP contribution is -2.37. The van der Waals surface area contributed by atoms with Gasteiger partial charge in [-0.15, -0.1) is 0 Å². The Bertz CT molecular complexity index is 871. The number of urea groups is 1. The third-order valence-electron chi connectivity index (χ3n) is 5.30. The zero-order valence-electron chi connectivity index (χ0n) is 19.9. The molecule has 0 aromatic heterocycles. The smallest absolute Gasteiger partial charge is 0.319 e. The Kier molecular flexibility index (Phi) is 10.0. The molecule has 2 aromatic carbocycles. The van der Waals surface area contributed by atoms with Crippen LogP contribution in [0.5, 0.6) is 0 Å². The van der Waals surface area contributed by atoms with E-state index in [4.69, 9.17) is 4.74 Å². The lowest BCUT2D eigenvalue weighted by Gasteiger charge is -2.29. The summed E-state index contributed by atoms with van der Waals surface area (Å²) in [7, 11) is 5.57. The van der Waals surface area contributed by atoms with Crippen LogP contribution in [-0.4, -0.2) is 57.7 Å². The molecule has 0 radical (unpaired) electrons. The van der Waals surface area contributed by atoms with Crippen molar-refractivity contribution in [1.29, 1.82) is 0 Å². The van der Waals surface area contributed by atoms with Gasteiger partial charge in [-0.2, -0.15) is 0 Å². The van der Waals surface area contributed by atoms with Gasteiger partial charge in [0, 0.05) is 52.2 Å². The number of benzene rings is 2. The fourth-order valence-corrected chi connectivity index (χ4v) is 3.69. The van der Waals surface area contributed by atoms with Crippen molar-refractivity contribution in [3.63, 3.8) is 0 Å². The third kappa shape index (κ3) is 6.99. The number of hydrogen-bond acceptors (Lipinski definition) is 4. The van der Waals surface area contributed by atoms with Gasteiger partial charge in [-0.1, -0.05) is 37.3 Å². The summed E-state index contributed by atoms with van der Waals surface area (Å²) in [6.45, 7) is 5.81. The van der Waals surface area contributed by atoms with Gasteiger partial charge in [0.1, 0.15) is 0 Å². The first-order valence-corrected chi connectivity index (χ1v) is 11.1. The average Bonchev–Trinajstić information content (AvgIpc) is 2.77. The number of ether oxygens (including phenoxy) is 1. The number of rotatable bonds is 11. The van der Waals surface area contributed by atoms with Gasteiger partial charge < -0.3 is 25.2 Å². The van der Waals surface area contributed by atoms with Gasteiger partial charge in [-0.05, 0) is 42.7 Å². The molecule has 1 unspecified atom stereocenters. The largest absolute Gasteiger partial charge is 0.383 e. The molecule has 174 valence electrons. The molecule has 2 rings (SSSR count). The molecule has 7 heteroatoms. The second-order valence-electron chi connectivity index (χ2n) is 7.85. The average molecular weight is 441 g/mol. The summed E-state index contributed by atoms with van der Waals surface area (Å²) in [5, 5.41) is 5.60. The molecule has 0 aliphatic rings. The SMILES string of the molecule is CCNC(=O)Nc1ccc(N(C)C)c(CN(CCOC)C(=O)C(CC)c2ccccc2)c1. The Morgan fingerprint density at radius 1 is 1.06 bits per heavy atom. The van der Waals surface area contributed by atoms with Crippen LogP contribution in [0, 0.1) is 0 Å². The van der Waals surface area contributed by atoms with Crippen LogP contribution >= 0.6 is 0 Å². The molecular formula is C25H36N4O3. The Hall–Kier alpha value is -3.06. The summed E-state index contributed by atoms with van der Waals surface area (Å²) in [5.74, 6) is -0.143. The number of amides is 3. The fourth-order valence-electron chi connectivity index (χ4n) is 3.69. The quantitative estimate of drug-likeness (QED) is 0.553. The number of nitrogens with zero attached hydrogens (tertiary/aromatic N) is 2. The van der Waals surface area contributed by atoms with Gasteiger partial charge in [0.2, 0.25) is 5.91 Å². The van der Waals surface area contributed by atoms with Crippen molar-refractivity contribution in [2.45, 2.75) is 32.7 Å². The Morgan fingerprint density at radius 2 is 1.78 bits per heavy atom. The minimum Gasteiger partial charge on any atom is -0.383 e. The molecule has 0 aliphatic heterocycles. The van der Waals surface area contributed by atoms with Crippen LogP contribution in [0.3, 0.4) is 0 Å². The maximum absolute atomic E-state index is 13.6. The summed E-state index contributed by atoms with van der Waals surface area (Å²) in [5.41, 5.74) is 3.65. The van der Waals surface area contributed by atoms with Crippen molar-refractivity contribution < 1.29 is 14.3 Å². The minimum absolute atomic E-state index is 0.0718. The van der Waals surface area contributed by atoms with Crippen LogP contribution in [0.2, 0.25) is 0 Å². The van der Waals surface area contributed by atoms with Crippen LogP contribution in [0.25, 0.3) is 0 Å². The summed E-state index contributed by atoms with van der Waals surface area (Å²) >= 11 is 0. The van der Waals surface area contributed by atoms with E-state index in [1.54, 1.807) is 7.11 Å². The molecule has 0 saturated carbocycles. The second-order valence-corrected chi connectivity index (χ2v) is 7.85. The van der Waals surface area contributed by atoms with E-state index in [2.05, 4.69) is 10.6 Å². The molecule has 0 heterocycles. The second kappa shape index (κ2) is 12.7. The van der Waals surface area contributed by atoms with Crippen molar-refractivity contribution in [2.75, 3.05) is 51.1 Å². The van der Waals surface area contributed by atoms with E-state index in [1.807, 2.05) is 86.3 Å². The molecule has 0 fully saturated rings. The van der Waals surface area contributed by atoms with E-state index in [0.29, 0.717) is 38.3 Å². The molecule has 1 atom stereocenters. The van der Waals surface area contributed by atoms with E-state index in [0.717, 1.165) is 16.8 Å². The highest BCUT2D eigenvalue weighted by Crippen LogP contribution is 2.27. The van der Waals surface area contributed by atoms with Crippen molar-refractivity contribution in [2.24, 2.45) is 0 Å². The lowest BCUT2D eigenvalue weighted by molar-refractivity contribution is -0.134. The Balaban J connectivity index is 2.35. The molecule has 7 nitrogen and oxygen atoms in total. The standard InChI is InChI=1S/C25H36N4O3/c1-6-22(19-11-9-8-10-12-19)24(30)29(15-16-32-5)18-20-17-21(27-25(31)26-7-2)13-14-23(20)28(3)4/h8-14,17,22H,6-7,15-16,18H2,1-5H3,(H2,26,27,31). The van der Waals surface area contributed by atoms with E-state index in [-0.39, 0.29) is 17.9 Å². The number of hydrogen-bond donors (Lipinski definition) is 2. The molecule has 0 saturated heterocycles. The summed E-state index contributed by atoms with van der Waals surface area (Å²) in [6, 6.07) is 15.4. The Morgan fingerprint density at radius 3 is 2.38 bits per heavy atom. The van der Waals surface area contributed by atoms with Gasteiger partial charge in [-0.25, -0.2) is 4.79 Å². The number of carbonyl (C=O) groups excluding carboxylic acids is 2. The lowest BCUT2D eigenvalue weighted by atomic mass is 9.94. The van der Waals surface area contributed by atoms with Gasteiger partial charge in [0.25, 0.3) is 0 Å². The van der Waals surface area contributed by atoms with Gasteiger partial charge in [-0.3, -0.25) is 4.79 Å². The molecule has 0 spiro atoms. The molecule has 0 aliphatic carbocycles. The van der Waals surface area contributed by atoms with Crippen molar-refractivity contribution in [3.05, 3.63) is 59.7 Å². The fraction of sp³-hybridized carbons (Fsp3) is 0.440. The van der Waals surface area contributed by atoms with E-state index in [1.165, 1.54) is 0 Å². The highest BCUT2D eigenvalue weighted by Gasteiger charge is 2.25. The predicted molar refractivity (Wildman–Crippen MR) is 130 cm³/mol. The number of carbonyl (C=O) groups is 2. The summed E-state index contributed by atoms with van der Waals surface area (Å²) < 4.78 is 5.29. The normalized spacial score (nSPS) is 11.5. The van der Waals surface area contributed by atoms with Crippen molar-refractivity contribution >= 4 is 23.3 Å². The zero-order chi connectivity index (χ0) is 23.5. The maximum atomic E-state index is 13.6.